The van der Waals surface area contributed by atoms with Crippen LogP contribution in [0.2, 0.25) is 0 Å². The molecule has 2 atom stereocenters. The van der Waals surface area contributed by atoms with Crippen molar-refractivity contribution in [3.63, 3.8) is 0 Å². The molecular formula is C7H4F11HfI. The van der Waals surface area contributed by atoms with E-state index in [9.17, 15) is 48.3 Å². The van der Waals surface area contributed by atoms with Gasteiger partial charge >= 0.3 is 130 Å². The van der Waals surface area contributed by atoms with Crippen LogP contribution >= 0.6 is 22.6 Å². The number of alkyl halides is 12. The SMILES string of the molecule is CC(F)([CH](I)[Hf][C](F)(C(F)(F)F)C(F)(F)F)C(F)(F)F. The Morgan fingerprint density at radius 2 is 1.00 bits per heavy atom. The van der Waals surface area contributed by atoms with Gasteiger partial charge in [-0.25, -0.2) is 0 Å². The summed E-state index contributed by atoms with van der Waals surface area (Å²) in [4.78, 5) is 0. The summed E-state index contributed by atoms with van der Waals surface area (Å²) in [5.41, 5.74) is -4.33. The maximum atomic E-state index is 13.3. The molecule has 0 aromatic rings. The van der Waals surface area contributed by atoms with Crippen molar-refractivity contribution in [3.8, 4) is 0 Å². The van der Waals surface area contributed by atoms with E-state index in [1.54, 1.807) is 0 Å². The van der Waals surface area contributed by atoms with E-state index in [0.717, 1.165) is 0 Å². The van der Waals surface area contributed by atoms with E-state index in [4.69, 9.17) is 0 Å². The van der Waals surface area contributed by atoms with Gasteiger partial charge in [0.1, 0.15) is 0 Å². The summed E-state index contributed by atoms with van der Waals surface area (Å²) >= 11 is -4.41. The van der Waals surface area contributed by atoms with Crippen molar-refractivity contribution < 1.29 is 71.2 Å². The van der Waals surface area contributed by atoms with E-state index in [1.165, 1.54) is 0 Å². The predicted octanol–water partition coefficient (Wildman–Crippen LogP) is 4.91. The molecule has 0 spiro atoms. The summed E-state index contributed by atoms with van der Waals surface area (Å²) in [5.74, 6) is 0. The predicted molar refractivity (Wildman–Crippen MR) is 49.3 cm³/mol. The van der Waals surface area contributed by atoms with Gasteiger partial charge in [-0.1, -0.05) is 0 Å². The third-order valence-corrected chi connectivity index (χ3v) is 12.2. The third kappa shape index (κ3) is 3.97. The molecule has 0 radical (unpaired) electrons. The molecule has 0 heterocycles. The second-order valence-corrected chi connectivity index (χ2v) is 14.8. The summed E-state index contributed by atoms with van der Waals surface area (Å²) < 4.78 is 128. The van der Waals surface area contributed by atoms with Crippen LogP contribution in [0.4, 0.5) is 48.3 Å². The van der Waals surface area contributed by atoms with E-state index in [0.29, 0.717) is 22.6 Å². The van der Waals surface area contributed by atoms with E-state index >= 15 is 0 Å². The van der Waals surface area contributed by atoms with Gasteiger partial charge in [0.05, 0.1) is 0 Å². The first kappa shape index (κ1) is 20.8. The third-order valence-electron chi connectivity index (χ3n) is 2.14. The van der Waals surface area contributed by atoms with Crippen molar-refractivity contribution >= 4 is 22.6 Å². The molecule has 0 bridgehead atoms. The quantitative estimate of drug-likeness (QED) is 0.187. The molecule has 13 heteroatoms. The van der Waals surface area contributed by atoms with Crippen LogP contribution in [0.25, 0.3) is 0 Å². The standard InChI is InChI=1S/C4H4F4I.C3F7.Hf/c1-3(5,2-9)4(6,7)8;4-1(2(5,6)7)3(8,9)10;/h2H,1H3;;. The fraction of sp³-hybridized carbons (Fsp3) is 1.00. The van der Waals surface area contributed by atoms with Crippen LogP contribution in [0.5, 0.6) is 0 Å². The van der Waals surface area contributed by atoms with Crippen LogP contribution in [0.3, 0.4) is 0 Å². The molecule has 2 unspecified atom stereocenters. The molecule has 20 heavy (non-hydrogen) atoms. The average Bonchev–Trinajstić information content (AvgIpc) is 2.11. The molecule has 0 aromatic carbocycles. The van der Waals surface area contributed by atoms with Crippen molar-refractivity contribution in [1.82, 2.24) is 0 Å². The zero-order chi connectivity index (χ0) is 16.8. The van der Waals surface area contributed by atoms with Crippen molar-refractivity contribution in [2.45, 2.75) is 36.2 Å². The van der Waals surface area contributed by atoms with Crippen LogP contribution in [-0.4, -0.2) is 29.3 Å². The summed E-state index contributed by atoms with van der Waals surface area (Å²) in [6.07, 6.45) is -18.6. The number of rotatable bonds is 3. The zero-order valence-electron chi connectivity index (χ0n) is 9.11. The van der Waals surface area contributed by atoms with Crippen LogP contribution in [0.15, 0.2) is 0 Å². The molecular weight excluding hydrogens is 598 g/mol. The monoisotopic (exact) mass is 604 g/mol. The van der Waals surface area contributed by atoms with Crippen LogP contribution in [0.1, 0.15) is 6.92 Å². The van der Waals surface area contributed by atoms with E-state index in [-0.39, 0.29) is 6.92 Å². The van der Waals surface area contributed by atoms with Crippen molar-refractivity contribution in [1.29, 1.82) is 0 Å². The Hall–Kier alpha value is 0.830. The van der Waals surface area contributed by atoms with Gasteiger partial charge in [0.2, 0.25) is 0 Å². The first-order chi connectivity index (χ1) is 8.38. The van der Waals surface area contributed by atoms with Gasteiger partial charge in [0, 0.05) is 0 Å². The van der Waals surface area contributed by atoms with Gasteiger partial charge in [0.15, 0.2) is 0 Å². The molecule has 0 saturated carbocycles. The molecule has 0 amide bonds. The van der Waals surface area contributed by atoms with Gasteiger partial charge in [0.25, 0.3) is 0 Å². The molecule has 0 aliphatic carbocycles. The molecule has 0 aliphatic rings. The molecule has 0 saturated heterocycles. The molecule has 120 valence electrons. The summed E-state index contributed by atoms with van der Waals surface area (Å²) in [5, 5.41) is 0. The minimum absolute atomic E-state index is 0.204. The topological polar surface area (TPSA) is 0 Å². The van der Waals surface area contributed by atoms with Crippen LogP contribution in [0, 0.1) is 0 Å². The van der Waals surface area contributed by atoms with Crippen molar-refractivity contribution in [2.24, 2.45) is 0 Å². The van der Waals surface area contributed by atoms with Gasteiger partial charge in [-0.3, -0.25) is 0 Å². The normalized spacial score (nSPS) is 19.4. The zero-order valence-corrected chi connectivity index (χ0v) is 14.9. The Morgan fingerprint density at radius 3 is 1.20 bits per heavy atom. The van der Waals surface area contributed by atoms with Crippen LogP contribution in [-0.2, 0) is 22.9 Å². The van der Waals surface area contributed by atoms with Crippen molar-refractivity contribution in [2.75, 3.05) is 0 Å². The second kappa shape index (κ2) is 5.80. The maximum absolute atomic E-state index is 13.3. The summed E-state index contributed by atoms with van der Waals surface area (Å²) in [6, 6.07) is 0. The number of hydrogen-bond acceptors (Lipinski definition) is 0. The van der Waals surface area contributed by atoms with E-state index in [1.807, 2.05) is 0 Å². The fourth-order valence-electron chi connectivity index (χ4n) is 0.778. The minimum atomic E-state index is -6.43. The molecule has 0 aliphatic heterocycles. The first-order valence-electron chi connectivity index (χ1n) is 4.37. The van der Waals surface area contributed by atoms with Gasteiger partial charge in [-0.05, 0) is 0 Å². The van der Waals surface area contributed by atoms with Crippen LogP contribution < -0.4 is 0 Å². The summed E-state index contributed by atoms with van der Waals surface area (Å²) in [7, 11) is 0. The Bertz CT molecular complexity index is 326. The van der Waals surface area contributed by atoms with Gasteiger partial charge in [-0.15, -0.1) is 0 Å². The van der Waals surface area contributed by atoms with E-state index < -0.39 is 52.2 Å². The molecule has 0 nitrogen and oxygen atoms in total. The molecule has 0 aromatic heterocycles. The van der Waals surface area contributed by atoms with E-state index in [2.05, 4.69) is 0 Å². The molecule has 0 fully saturated rings. The first-order valence-corrected chi connectivity index (χ1v) is 9.49. The molecule has 0 N–H and O–H groups in total. The van der Waals surface area contributed by atoms with Gasteiger partial charge in [-0.2, -0.15) is 0 Å². The summed E-state index contributed by atoms with van der Waals surface area (Å²) in [6.45, 7) is -0.204. The Balaban J connectivity index is 5.55. The van der Waals surface area contributed by atoms with Crippen molar-refractivity contribution in [3.05, 3.63) is 0 Å². The number of halogens is 12. The second-order valence-electron chi connectivity index (χ2n) is 3.73. The Kier molecular flexibility index (Phi) is 6.04. The molecule has 0 rings (SSSR count). The fourth-order valence-corrected chi connectivity index (χ4v) is 8.64. The van der Waals surface area contributed by atoms with Gasteiger partial charge < -0.3 is 0 Å². The average molecular weight is 602 g/mol. The Labute approximate surface area is 129 Å². The Morgan fingerprint density at radius 1 is 0.700 bits per heavy atom. The number of hydrogen-bond donors (Lipinski definition) is 0.